The zero-order valence-corrected chi connectivity index (χ0v) is 12.2. The Morgan fingerprint density at radius 1 is 1.43 bits per heavy atom. The average molecular weight is 292 g/mol. The van der Waals surface area contributed by atoms with Crippen molar-refractivity contribution < 1.29 is 14.7 Å². The number of aryl methyl sites for hydroxylation is 1. The summed E-state index contributed by atoms with van der Waals surface area (Å²) in [5.41, 5.74) is -0.661. The molecule has 0 radical (unpaired) electrons. The van der Waals surface area contributed by atoms with Crippen molar-refractivity contribution in [1.82, 2.24) is 10.3 Å². The van der Waals surface area contributed by atoms with Gasteiger partial charge in [0.25, 0.3) is 5.91 Å². The van der Waals surface area contributed by atoms with Crippen LogP contribution in [-0.4, -0.2) is 28.0 Å². The van der Waals surface area contributed by atoms with Crippen LogP contribution in [0.3, 0.4) is 0 Å². The first-order chi connectivity index (χ1) is 9.84. The number of pyridine rings is 1. The minimum atomic E-state index is -0.981. The van der Waals surface area contributed by atoms with Gasteiger partial charge in [-0.05, 0) is 26.7 Å². The van der Waals surface area contributed by atoms with Gasteiger partial charge in [0.2, 0.25) is 0 Å². The Bertz CT molecular complexity index is 622. The molecular weight excluding hydrogens is 272 g/mol. The Morgan fingerprint density at radius 2 is 2.14 bits per heavy atom. The summed E-state index contributed by atoms with van der Waals surface area (Å²) >= 11 is 0. The smallest absolute Gasteiger partial charge is 0.311 e. The van der Waals surface area contributed by atoms with E-state index in [4.69, 9.17) is 0 Å². The quantitative estimate of drug-likeness (QED) is 0.785. The lowest BCUT2D eigenvalue weighted by atomic mass is 9.71. The molecule has 1 heterocycles. The molecule has 0 aromatic carbocycles. The van der Waals surface area contributed by atoms with Gasteiger partial charge in [-0.1, -0.05) is 12.8 Å². The Hall–Kier alpha value is -2.11. The van der Waals surface area contributed by atoms with Gasteiger partial charge in [-0.3, -0.25) is 14.4 Å². The summed E-state index contributed by atoms with van der Waals surface area (Å²) in [6.07, 6.45) is 4.21. The van der Waals surface area contributed by atoms with Gasteiger partial charge < -0.3 is 15.4 Å². The molecule has 6 nitrogen and oxygen atoms in total. The highest BCUT2D eigenvalue weighted by molar-refractivity contribution is 5.94. The molecule has 1 aromatic heterocycles. The predicted octanol–water partition coefficient (Wildman–Crippen LogP) is 1.45. The highest BCUT2D eigenvalue weighted by atomic mass is 16.4. The second-order valence-corrected chi connectivity index (χ2v) is 5.89. The van der Waals surface area contributed by atoms with Crippen molar-refractivity contribution in [2.45, 2.75) is 45.6 Å². The van der Waals surface area contributed by atoms with E-state index in [0.29, 0.717) is 18.5 Å². The average Bonchev–Trinajstić information content (AvgIpc) is 2.41. The van der Waals surface area contributed by atoms with Gasteiger partial charge in [-0.25, -0.2) is 0 Å². The van der Waals surface area contributed by atoms with Crippen molar-refractivity contribution in [2.75, 3.05) is 0 Å². The molecule has 21 heavy (non-hydrogen) atoms. The molecule has 3 N–H and O–H groups in total. The number of nitrogens with one attached hydrogen (secondary N) is 2. The molecule has 1 saturated carbocycles. The van der Waals surface area contributed by atoms with Crippen LogP contribution < -0.4 is 10.7 Å². The largest absolute Gasteiger partial charge is 0.481 e. The van der Waals surface area contributed by atoms with Crippen molar-refractivity contribution in [1.29, 1.82) is 0 Å². The highest BCUT2D eigenvalue weighted by Crippen LogP contribution is 2.36. The van der Waals surface area contributed by atoms with Gasteiger partial charge in [0.15, 0.2) is 5.43 Å². The normalized spacial score (nSPS) is 25.3. The number of amides is 1. The van der Waals surface area contributed by atoms with Crippen LogP contribution in [-0.2, 0) is 4.79 Å². The van der Waals surface area contributed by atoms with Crippen LogP contribution in [0, 0.1) is 12.3 Å². The van der Waals surface area contributed by atoms with E-state index >= 15 is 0 Å². The van der Waals surface area contributed by atoms with Crippen molar-refractivity contribution in [2.24, 2.45) is 5.41 Å². The molecule has 0 saturated heterocycles. The van der Waals surface area contributed by atoms with Crippen molar-refractivity contribution in [3.63, 3.8) is 0 Å². The van der Waals surface area contributed by atoms with Crippen LogP contribution in [0.25, 0.3) is 0 Å². The fraction of sp³-hybridized carbons (Fsp3) is 0.533. The van der Waals surface area contributed by atoms with Crippen molar-refractivity contribution >= 4 is 11.9 Å². The van der Waals surface area contributed by atoms with Crippen LogP contribution in [0.1, 0.15) is 48.7 Å². The molecule has 1 amide bonds. The van der Waals surface area contributed by atoms with Gasteiger partial charge in [0.05, 0.1) is 5.41 Å². The van der Waals surface area contributed by atoms with Crippen LogP contribution in [0.5, 0.6) is 0 Å². The number of aliphatic carboxylic acids is 1. The van der Waals surface area contributed by atoms with E-state index in [9.17, 15) is 19.5 Å². The summed E-state index contributed by atoms with van der Waals surface area (Å²) in [5.74, 6) is -1.43. The van der Waals surface area contributed by atoms with E-state index < -0.39 is 23.3 Å². The van der Waals surface area contributed by atoms with Gasteiger partial charge in [0.1, 0.15) is 5.56 Å². The second-order valence-electron chi connectivity index (χ2n) is 5.89. The first-order valence-electron chi connectivity index (χ1n) is 7.08. The molecule has 2 rings (SSSR count). The lowest BCUT2D eigenvalue weighted by Gasteiger charge is -2.38. The topological polar surface area (TPSA) is 99.3 Å². The van der Waals surface area contributed by atoms with Gasteiger partial charge in [-0.2, -0.15) is 0 Å². The maximum Gasteiger partial charge on any atom is 0.311 e. The maximum absolute atomic E-state index is 12.2. The first-order valence-corrected chi connectivity index (χ1v) is 7.08. The van der Waals surface area contributed by atoms with E-state index in [-0.39, 0.29) is 11.0 Å². The minimum absolute atomic E-state index is 0.0129. The lowest BCUT2D eigenvalue weighted by Crippen LogP contribution is -2.52. The fourth-order valence-electron chi connectivity index (χ4n) is 2.81. The maximum atomic E-state index is 12.2. The van der Waals surface area contributed by atoms with E-state index in [2.05, 4.69) is 10.3 Å². The highest BCUT2D eigenvalue weighted by Gasteiger charge is 2.44. The lowest BCUT2D eigenvalue weighted by molar-refractivity contribution is -0.151. The summed E-state index contributed by atoms with van der Waals surface area (Å²) in [5, 5.41) is 12.2. The van der Waals surface area contributed by atoms with E-state index in [1.54, 1.807) is 13.8 Å². The number of carbonyl (C=O) groups is 2. The number of hydrogen-bond donors (Lipinski definition) is 3. The molecule has 0 bridgehead atoms. The molecule has 6 heteroatoms. The minimum Gasteiger partial charge on any atom is -0.481 e. The third kappa shape index (κ3) is 2.99. The number of aromatic amines is 1. The summed E-state index contributed by atoms with van der Waals surface area (Å²) in [4.78, 5) is 38.4. The van der Waals surface area contributed by atoms with Gasteiger partial charge in [-0.15, -0.1) is 0 Å². The Balaban J connectivity index is 2.21. The summed E-state index contributed by atoms with van der Waals surface area (Å²) in [6.45, 7) is 3.38. The number of carboxylic acid groups (broad SMARTS) is 1. The zero-order chi connectivity index (χ0) is 15.6. The van der Waals surface area contributed by atoms with Crippen LogP contribution in [0.2, 0.25) is 0 Å². The first kappa shape index (κ1) is 15.3. The van der Waals surface area contributed by atoms with Crippen LogP contribution >= 0.6 is 0 Å². The molecule has 114 valence electrons. The Morgan fingerprint density at radius 3 is 2.76 bits per heavy atom. The SMILES string of the molecule is Cc1cc(=O)c(C(=O)NC2CCCCC2(C)C(=O)O)c[nH]1. The van der Waals surface area contributed by atoms with E-state index in [1.807, 2.05) is 0 Å². The second kappa shape index (κ2) is 5.71. The molecule has 1 aliphatic rings. The van der Waals surface area contributed by atoms with Crippen molar-refractivity contribution in [3.05, 3.63) is 33.7 Å². The number of aromatic nitrogens is 1. The molecule has 1 aliphatic carbocycles. The Labute approximate surface area is 122 Å². The molecule has 0 aliphatic heterocycles. The molecule has 1 fully saturated rings. The van der Waals surface area contributed by atoms with Crippen LogP contribution in [0.15, 0.2) is 17.1 Å². The summed E-state index contributed by atoms with van der Waals surface area (Å²) in [7, 11) is 0. The van der Waals surface area contributed by atoms with Gasteiger partial charge in [0, 0.05) is 24.0 Å². The third-order valence-electron chi connectivity index (χ3n) is 4.30. The molecule has 1 aromatic rings. The van der Waals surface area contributed by atoms with Gasteiger partial charge >= 0.3 is 5.97 Å². The standard InChI is InChI=1S/C15H20N2O4/c1-9-7-11(18)10(8-16-9)13(19)17-12-5-3-4-6-15(12,2)14(20)21/h7-8,12H,3-6H2,1-2H3,(H,16,18)(H,17,19)(H,20,21). The zero-order valence-electron chi connectivity index (χ0n) is 12.2. The molecular formula is C15H20N2O4. The number of carboxylic acids is 1. The monoisotopic (exact) mass is 292 g/mol. The fourth-order valence-corrected chi connectivity index (χ4v) is 2.81. The van der Waals surface area contributed by atoms with E-state index in [0.717, 1.165) is 12.8 Å². The number of rotatable bonds is 3. The number of hydrogen-bond acceptors (Lipinski definition) is 3. The molecule has 0 spiro atoms. The summed E-state index contributed by atoms with van der Waals surface area (Å²) in [6, 6.07) is 0.892. The summed E-state index contributed by atoms with van der Waals surface area (Å²) < 4.78 is 0. The van der Waals surface area contributed by atoms with Crippen LogP contribution in [0.4, 0.5) is 0 Å². The number of H-pyrrole nitrogens is 1. The van der Waals surface area contributed by atoms with Crippen molar-refractivity contribution in [3.8, 4) is 0 Å². The third-order valence-corrected chi connectivity index (χ3v) is 4.30. The molecule has 2 atom stereocenters. The van der Waals surface area contributed by atoms with E-state index in [1.165, 1.54) is 12.3 Å². The Kier molecular flexibility index (Phi) is 4.16. The number of carbonyl (C=O) groups excluding carboxylic acids is 1. The predicted molar refractivity (Wildman–Crippen MR) is 77.3 cm³/mol. The molecule has 2 unspecified atom stereocenters.